The zero-order chi connectivity index (χ0) is 21.3. The van der Waals surface area contributed by atoms with Crippen LogP contribution in [0.25, 0.3) is 11.8 Å². The quantitative estimate of drug-likeness (QED) is 0.572. The van der Waals surface area contributed by atoms with Crippen LogP contribution in [0.2, 0.25) is 0 Å². The second kappa shape index (κ2) is 7.88. The van der Waals surface area contributed by atoms with Crippen molar-refractivity contribution in [3.8, 4) is 23.0 Å². The van der Waals surface area contributed by atoms with E-state index in [0.29, 0.717) is 15.4 Å². The van der Waals surface area contributed by atoms with Crippen LogP contribution >= 0.6 is 11.8 Å². The summed E-state index contributed by atoms with van der Waals surface area (Å²) in [6, 6.07) is 5.39. The molecule has 1 aliphatic heterocycles. The number of aromatic hydroxyl groups is 2. The molecule has 0 aliphatic carbocycles. The van der Waals surface area contributed by atoms with Gasteiger partial charge in [0.2, 0.25) is 0 Å². The maximum absolute atomic E-state index is 11.7. The van der Waals surface area contributed by atoms with Crippen LogP contribution in [-0.4, -0.2) is 28.1 Å². The second-order valence-corrected chi connectivity index (χ2v) is 7.15. The molecular formula is C20H16O8S. The van der Waals surface area contributed by atoms with E-state index in [9.17, 15) is 24.6 Å². The highest BCUT2D eigenvalue weighted by Crippen LogP contribution is 2.49. The number of fused-ring (bicyclic) bond motifs is 2. The highest BCUT2D eigenvalue weighted by Gasteiger charge is 2.27. The van der Waals surface area contributed by atoms with Crippen LogP contribution in [-0.2, 0) is 19.1 Å². The minimum Gasteiger partial charge on any atom is -0.508 e. The van der Waals surface area contributed by atoms with Crippen molar-refractivity contribution in [2.24, 2.45) is 0 Å². The number of benzene rings is 2. The zero-order valence-electron chi connectivity index (χ0n) is 15.6. The Kier molecular flexibility index (Phi) is 5.51. The monoisotopic (exact) mass is 416 g/mol. The van der Waals surface area contributed by atoms with Crippen molar-refractivity contribution in [3.05, 3.63) is 35.4 Å². The van der Waals surface area contributed by atoms with Crippen molar-refractivity contribution < 1.29 is 38.8 Å². The Balaban J connectivity index is 2.31. The maximum Gasteiger partial charge on any atom is 0.308 e. The number of esters is 3. The van der Waals surface area contributed by atoms with Crippen molar-refractivity contribution in [1.82, 2.24) is 0 Å². The fourth-order valence-corrected chi connectivity index (χ4v) is 3.90. The lowest BCUT2D eigenvalue weighted by molar-refractivity contribution is -0.134. The molecule has 150 valence electrons. The zero-order valence-corrected chi connectivity index (χ0v) is 16.5. The van der Waals surface area contributed by atoms with Crippen LogP contribution in [0.4, 0.5) is 0 Å². The summed E-state index contributed by atoms with van der Waals surface area (Å²) in [6.07, 6.45) is 1.41. The molecule has 3 rings (SSSR count). The molecule has 2 aromatic rings. The highest BCUT2D eigenvalue weighted by molar-refractivity contribution is 7.99. The van der Waals surface area contributed by atoms with Crippen LogP contribution < -0.4 is 9.47 Å². The summed E-state index contributed by atoms with van der Waals surface area (Å²) in [5, 5.41) is 20.1. The molecule has 29 heavy (non-hydrogen) atoms. The van der Waals surface area contributed by atoms with Gasteiger partial charge >= 0.3 is 17.9 Å². The summed E-state index contributed by atoms with van der Waals surface area (Å²) < 4.78 is 15.7. The predicted molar refractivity (Wildman–Crippen MR) is 103 cm³/mol. The summed E-state index contributed by atoms with van der Waals surface area (Å²) in [5.74, 6) is -2.13. The molecule has 2 N–H and O–H groups in total. The molecule has 0 radical (unpaired) electrons. The number of phenolic OH excluding ortho intramolecular Hbond substituents is 2. The predicted octanol–water partition coefficient (Wildman–Crippen LogP) is 3.47. The molecule has 0 aromatic heterocycles. The van der Waals surface area contributed by atoms with Gasteiger partial charge in [0.15, 0.2) is 0 Å². The number of hydrogen-bond donors (Lipinski definition) is 2. The molecule has 1 heterocycles. The van der Waals surface area contributed by atoms with E-state index >= 15 is 0 Å². The minimum atomic E-state index is -0.637. The first kappa shape index (κ1) is 20.3. The first-order chi connectivity index (χ1) is 13.6. The average Bonchev–Trinajstić information content (AvgIpc) is 2.70. The van der Waals surface area contributed by atoms with Crippen molar-refractivity contribution in [1.29, 1.82) is 0 Å². The Morgan fingerprint density at radius 1 is 0.828 bits per heavy atom. The third kappa shape index (κ3) is 4.52. The summed E-state index contributed by atoms with van der Waals surface area (Å²) in [6.45, 7) is 3.62. The van der Waals surface area contributed by atoms with Crippen LogP contribution in [0, 0.1) is 0 Å². The number of carbonyl (C=O) groups excluding carboxylic acids is 3. The lowest BCUT2D eigenvalue weighted by atomic mass is 10.1. The summed E-state index contributed by atoms with van der Waals surface area (Å²) in [5.41, 5.74) is 0.550. The van der Waals surface area contributed by atoms with Crippen molar-refractivity contribution in [3.63, 3.8) is 0 Å². The third-order valence-corrected chi connectivity index (χ3v) is 4.75. The number of ether oxygens (including phenoxy) is 3. The van der Waals surface area contributed by atoms with E-state index in [0.717, 1.165) is 17.8 Å². The van der Waals surface area contributed by atoms with Gasteiger partial charge in [-0.2, -0.15) is 0 Å². The van der Waals surface area contributed by atoms with Gasteiger partial charge in [-0.05, 0) is 18.2 Å². The van der Waals surface area contributed by atoms with Gasteiger partial charge in [-0.3, -0.25) is 14.4 Å². The molecule has 8 nitrogen and oxygen atoms in total. The van der Waals surface area contributed by atoms with Gasteiger partial charge in [-0.25, -0.2) is 0 Å². The number of phenols is 2. The van der Waals surface area contributed by atoms with Gasteiger partial charge < -0.3 is 24.4 Å². The van der Waals surface area contributed by atoms with Gasteiger partial charge in [-0.15, -0.1) is 0 Å². The minimum absolute atomic E-state index is 0.00256. The largest absolute Gasteiger partial charge is 0.508 e. The fraction of sp³-hybridized carbons (Fsp3) is 0.150. The number of carbonyl (C=O) groups is 3. The molecule has 9 heteroatoms. The van der Waals surface area contributed by atoms with Crippen LogP contribution in [0.15, 0.2) is 34.1 Å². The first-order valence-electron chi connectivity index (χ1n) is 8.33. The number of rotatable bonds is 3. The third-order valence-electron chi connectivity index (χ3n) is 3.66. The van der Waals surface area contributed by atoms with E-state index < -0.39 is 17.9 Å². The van der Waals surface area contributed by atoms with Crippen molar-refractivity contribution >= 4 is 41.5 Å². The maximum atomic E-state index is 11.7. The van der Waals surface area contributed by atoms with E-state index in [4.69, 9.17) is 14.2 Å². The van der Waals surface area contributed by atoms with Crippen LogP contribution in [0.5, 0.6) is 23.0 Å². The normalized spacial score (nSPS) is 12.0. The number of hydrogen-bond acceptors (Lipinski definition) is 9. The average molecular weight is 416 g/mol. The fourth-order valence-electron chi connectivity index (χ4n) is 2.73. The molecule has 0 bridgehead atoms. The Hall–Kier alpha value is -3.46. The van der Waals surface area contributed by atoms with E-state index in [2.05, 4.69) is 0 Å². The van der Waals surface area contributed by atoms with Crippen LogP contribution in [0.3, 0.4) is 0 Å². The Bertz CT molecular complexity index is 1070. The molecule has 0 atom stereocenters. The van der Waals surface area contributed by atoms with Crippen molar-refractivity contribution in [2.45, 2.75) is 30.6 Å². The van der Waals surface area contributed by atoms with Crippen molar-refractivity contribution in [2.75, 3.05) is 0 Å². The van der Waals surface area contributed by atoms with Gasteiger partial charge in [-0.1, -0.05) is 11.8 Å². The van der Waals surface area contributed by atoms with Gasteiger partial charge in [0.05, 0.1) is 5.56 Å². The summed E-state index contributed by atoms with van der Waals surface area (Å²) in [4.78, 5) is 35.6. The lowest BCUT2D eigenvalue weighted by Gasteiger charge is -2.16. The molecule has 0 spiro atoms. The van der Waals surface area contributed by atoms with Gasteiger partial charge in [0.1, 0.15) is 28.8 Å². The summed E-state index contributed by atoms with van der Waals surface area (Å²) >= 11 is 1.10. The molecule has 0 unspecified atom stereocenters. The lowest BCUT2D eigenvalue weighted by Crippen LogP contribution is -2.08. The van der Waals surface area contributed by atoms with Gasteiger partial charge in [0.25, 0.3) is 0 Å². The second-order valence-electron chi connectivity index (χ2n) is 6.06. The van der Waals surface area contributed by atoms with Crippen LogP contribution in [0.1, 0.15) is 31.9 Å². The summed E-state index contributed by atoms with van der Waals surface area (Å²) in [7, 11) is 0. The molecule has 2 aromatic carbocycles. The Labute approximate surface area is 169 Å². The molecule has 0 amide bonds. The molecule has 0 saturated heterocycles. The highest BCUT2D eigenvalue weighted by atomic mass is 32.2. The smallest absolute Gasteiger partial charge is 0.308 e. The topological polar surface area (TPSA) is 119 Å². The Morgan fingerprint density at radius 3 is 2.10 bits per heavy atom. The van der Waals surface area contributed by atoms with Gasteiger partial charge in [0, 0.05) is 48.3 Å². The van der Waals surface area contributed by atoms with E-state index in [1.54, 1.807) is 0 Å². The standard InChI is InChI=1S/C20H16O8S/c1-9(21)26-13-6-16(27-10(2)22)20-17(28-11(3)23)8-14-15(25)4-12(24)5-18(14)29-19(20)7-13/h4-8,24-25H,1-3H3. The Morgan fingerprint density at radius 2 is 1.48 bits per heavy atom. The van der Waals surface area contributed by atoms with E-state index in [1.165, 1.54) is 45.0 Å². The van der Waals surface area contributed by atoms with E-state index in [-0.39, 0.29) is 34.3 Å². The molecule has 0 saturated carbocycles. The molecular weight excluding hydrogens is 400 g/mol. The molecule has 0 fully saturated rings. The first-order valence-corrected chi connectivity index (χ1v) is 9.15. The van der Waals surface area contributed by atoms with E-state index in [1.807, 2.05) is 0 Å². The SMILES string of the molecule is CC(=O)OC1=Cc2c(O)cc(O)cc2Sc2cc(OC(C)=O)cc(OC(C)=O)c21. The molecule has 1 aliphatic rings.